The van der Waals surface area contributed by atoms with Crippen LogP contribution in [0.1, 0.15) is 15.9 Å². The van der Waals surface area contributed by atoms with Gasteiger partial charge in [-0.05, 0) is 30.3 Å². The molecule has 3 rings (SSSR count). The largest absolute Gasteiger partial charge is 0.452 e. The number of ether oxygens (including phenoxy) is 2. The summed E-state index contributed by atoms with van der Waals surface area (Å²) in [5.41, 5.74) is -0.963. The minimum atomic E-state index is -4.60. The quantitative estimate of drug-likeness (QED) is 0.586. The van der Waals surface area contributed by atoms with Crippen molar-refractivity contribution in [2.75, 3.05) is 43.1 Å². The van der Waals surface area contributed by atoms with Crippen LogP contribution in [0.5, 0.6) is 0 Å². The van der Waals surface area contributed by atoms with E-state index in [1.165, 1.54) is 24.3 Å². The molecule has 10 heteroatoms. The van der Waals surface area contributed by atoms with E-state index < -0.39 is 36.0 Å². The predicted molar refractivity (Wildman–Crippen MR) is 99.8 cm³/mol. The Balaban J connectivity index is 1.73. The second-order valence-electron chi connectivity index (χ2n) is 6.43. The van der Waals surface area contributed by atoms with Crippen LogP contribution in [-0.2, 0) is 20.4 Å². The number of carbonyl (C=O) groups excluding carboxylic acids is 2. The molecule has 1 fully saturated rings. The summed E-state index contributed by atoms with van der Waals surface area (Å²) in [4.78, 5) is 25.9. The number of halogens is 4. The van der Waals surface area contributed by atoms with Crippen molar-refractivity contribution in [3.05, 3.63) is 59.4 Å². The van der Waals surface area contributed by atoms with E-state index in [0.717, 1.165) is 18.2 Å². The fourth-order valence-electron chi connectivity index (χ4n) is 2.91. The van der Waals surface area contributed by atoms with E-state index in [0.29, 0.717) is 32.0 Å². The van der Waals surface area contributed by atoms with Gasteiger partial charge in [-0.25, -0.2) is 9.18 Å². The van der Waals surface area contributed by atoms with Crippen molar-refractivity contribution in [1.29, 1.82) is 0 Å². The Labute approximate surface area is 169 Å². The first-order chi connectivity index (χ1) is 14.3. The number of nitrogens with one attached hydrogen (secondary N) is 1. The number of amides is 1. The van der Waals surface area contributed by atoms with Crippen LogP contribution >= 0.6 is 0 Å². The van der Waals surface area contributed by atoms with Gasteiger partial charge in [0.2, 0.25) is 0 Å². The van der Waals surface area contributed by atoms with E-state index in [1.54, 1.807) is 4.90 Å². The molecular weight excluding hydrogens is 408 g/mol. The minimum absolute atomic E-state index is 0.0707. The molecule has 30 heavy (non-hydrogen) atoms. The van der Waals surface area contributed by atoms with Crippen LogP contribution in [0.15, 0.2) is 42.5 Å². The zero-order valence-corrected chi connectivity index (χ0v) is 15.7. The second-order valence-corrected chi connectivity index (χ2v) is 6.43. The van der Waals surface area contributed by atoms with E-state index >= 15 is 0 Å². The predicted octanol–water partition coefficient (Wildman–Crippen LogP) is 3.48. The molecule has 0 atom stereocenters. The lowest BCUT2D eigenvalue weighted by atomic mass is 10.1. The van der Waals surface area contributed by atoms with Gasteiger partial charge in [-0.1, -0.05) is 12.1 Å². The summed E-state index contributed by atoms with van der Waals surface area (Å²) in [6, 6.07) is 8.10. The molecule has 0 saturated carbocycles. The molecule has 0 spiro atoms. The molecule has 0 radical (unpaired) electrons. The highest BCUT2D eigenvalue weighted by Crippen LogP contribution is 2.35. The zero-order chi connectivity index (χ0) is 21.7. The van der Waals surface area contributed by atoms with Crippen LogP contribution in [-0.4, -0.2) is 44.8 Å². The fraction of sp³-hybridized carbons (Fsp3) is 0.300. The summed E-state index contributed by atoms with van der Waals surface area (Å²) < 4.78 is 62.9. The Bertz CT molecular complexity index is 927. The lowest BCUT2D eigenvalue weighted by molar-refractivity contribution is -0.137. The number of esters is 1. The number of carbonyl (C=O) groups is 2. The van der Waals surface area contributed by atoms with E-state index in [-0.39, 0.29) is 11.3 Å². The molecule has 1 aliphatic heterocycles. The van der Waals surface area contributed by atoms with Gasteiger partial charge in [0.05, 0.1) is 35.7 Å². The summed E-state index contributed by atoms with van der Waals surface area (Å²) in [5.74, 6) is -2.72. The van der Waals surface area contributed by atoms with Crippen LogP contribution in [0, 0.1) is 5.82 Å². The van der Waals surface area contributed by atoms with Crippen LogP contribution in [0.3, 0.4) is 0 Å². The molecule has 0 aromatic heterocycles. The van der Waals surface area contributed by atoms with Gasteiger partial charge in [-0.2, -0.15) is 13.2 Å². The molecule has 6 nitrogen and oxygen atoms in total. The monoisotopic (exact) mass is 426 g/mol. The SMILES string of the molecule is O=C(COC(=O)c1ccccc1F)Nc1cc(C(F)(F)F)ccc1N1CCOCC1. The highest BCUT2D eigenvalue weighted by atomic mass is 19.4. The van der Waals surface area contributed by atoms with Crippen molar-refractivity contribution in [2.45, 2.75) is 6.18 Å². The first-order valence-electron chi connectivity index (χ1n) is 9.01. The number of hydrogen-bond acceptors (Lipinski definition) is 5. The third kappa shape index (κ3) is 5.26. The fourth-order valence-corrected chi connectivity index (χ4v) is 2.91. The van der Waals surface area contributed by atoms with Crippen LogP contribution in [0.4, 0.5) is 28.9 Å². The van der Waals surface area contributed by atoms with Crippen molar-refractivity contribution in [1.82, 2.24) is 0 Å². The Morgan fingerprint density at radius 2 is 1.80 bits per heavy atom. The topological polar surface area (TPSA) is 67.9 Å². The lowest BCUT2D eigenvalue weighted by Gasteiger charge is -2.31. The summed E-state index contributed by atoms with van der Waals surface area (Å²) in [5, 5.41) is 2.35. The van der Waals surface area contributed by atoms with Gasteiger partial charge >= 0.3 is 12.1 Å². The standard InChI is InChI=1S/C20H18F4N2O4/c21-15-4-2-1-3-14(15)19(28)30-12-18(27)25-16-11-13(20(22,23)24)5-6-17(16)26-7-9-29-10-8-26/h1-6,11H,7-10,12H2,(H,25,27). The van der Waals surface area contributed by atoms with Gasteiger partial charge in [0.15, 0.2) is 6.61 Å². The number of morpholine rings is 1. The Morgan fingerprint density at radius 3 is 2.47 bits per heavy atom. The van der Waals surface area contributed by atoms with Crippen molar-refractivity contribution in [3.8, 4) is 0 Å². The average Bonchev–Trinajstić information content (AvgIpc) is 2.72. The molecule has 2 aromatic rings. The molecule has 0 bridgehead atoms. The molecule has 0 aliphatic carbocycles. The van der Waals surface area contributed by atoms with E-state index in [9.17, 15) is 27.2 Å². The van der Waals surface area contributed by atoms with Crippen LogP contribution < -0.4 is 10.2 Å². The molecule has 1 saturated heterocycles. The van der Waals surface area contributed by atoms with Crippen molar-refractivity contribution in [3.63, 3.8) is 0 Å². The number of benzene rings is 2. The summed E-state index contributed by atoms with van der Waals surface area (Å²) in [6.45, 7) is 0.891. The van der Waals surface area contributed by atoms with Crippen LogP contribution in [0.2, 0.25) is 0 Å². The van der Waals surface area contributed by atoms with Gasteiger partial charge in [0.25, 0.3) is 5.91 Å². The highest BCUT2D eigenvalue weighted by Gasteiger charge is 2.32. The van der Waals surface area contributed by atoms with Crippen LogP contribution in [0.25, 0.3) is 0 Å². The van der Waals surface area contributed by atoms with Gasteiger partial charge in [-0.15, -0.1) is 0 Å². The normalized spacial score (nSPS) is 14.3. The smallest absolute Gasteiger partial charge is 0.416 e. The maximum atomic E-state index is 13.6. The van der Waals surface area contributed by atoms with Gasteiger partial charge in [-0.3, -0.25) is 4.79 Å². The third-order valence-corrected chi connectivity index (χ3v) is 4.38. The molecule has 160 valence electrons. The maximum Gasteiger partial charge on any atom is 0.416 e. The first-order valence-corrected chi connectivity index (χ1v) is 9.01. The number of nitrogens with zero attached hydrogens (tertiary/aromatic N) is 1. The number of rotatable bonds is 5. The average molecular weight is 426 g/mol. The van der Waals surface area contributed by atoms with E-state index in [4.69, 9.17) is 9.47 Å². The molecule has 0 unspecified atom stereocenters. The number of hydrogen-bond donors (Lipinski definition) is 1. The van der Waals surface area contributed by atoms with E-state index in [2.05, 4.69) is 5.32 Å². The van der Waals surface area contributed by atoms with Crippen molar-refractivity contribution < 1.29 is 36.6 Å². The molecule has 1 amide bonds. The minimum Gasteiger partial charge on any atom is -0.452 e. The van der Waals surface area contributed by atoms with E-state index in [1.807, 2.05) is 0 Å². The molecule has 1 heterocycles. The van der Waals surface area contributed by atoms with Gasteiger partial charge < -0.3 is 19.7 Å². The van der Waals surface area contributed by atoms with Crippen molar-refractivity contribution >= 4 is 23.3 Å². The highest BCUT2D eigenvalue weighted by molar-refractivity contribution is 5.97. The van der Waals surface area contributed by atoms with Gasteiger partial charge in [0.1, 0.15) is 5.82 Å². The second kappa shape index (κ2) is 9.12. The summed E-state index contributed by atoms with van der Waals surface area (Å²) >= 11 is 0. The van der Waals surface area contributed by atoms with Gasteiger partial charge in [0, 0.05) is 13.1 Å². The Kier molecular flexibility index (Phi) is 6.56. The lowest BCUT2D eigenvalue weighted by Crippen LogP contribution is -2.37. The van der Waals surface area contributed by atoms with Crippen molar-refractivity contribution in [2.24, 2.45) is 0 Å². The summed E-state index contributed by atoms with van der Waals surface area (Å²) in [6.07, 6.45) is -4.60. The summed E-state index contributed by atoms with van der Waals surface area (Å²) in [7, 11) is 0. The Morgan fingerprint density at radius 1 is 1.10 bits per heavy atom. The molecule has 1 aliphatic rings. The maximum absolute atomic E-state index is 13.6. The third-order valence-electron chi connectivity index (χ3n) is 4.38. The number of alkyl halides is 3. The molecular formula is C20H18F4N2O4. The zero-order valence-electron chi connectivity index (χ0n) is 15.7. The molecule has 1 N–H and O–H groups in total. The molecule has 2 aromatic carbocycles. The Hall–Kier alpha value is -3.14. The number of anilines is 2. The first kappa shape index (κ1) is 21.6.